The zero-order chi connectivity index (χ0) is 19.8. The Morgan fingerprint density at radius 2 is 1.70 bits per heavy atom. The molecule has 1 aromatic carbocycles. The van der Waals surface area contributed by atoms with Crippen LogP contribution in [0.4, 0.5) is 0 Å². The Labute approximate surface area is 170 Å². The van der Waals surface area contributed by atoms with Crippen LogP contribution in [0.3, 0.4) is 0 Å². The third-order valence-electron chi connectivity index (χ3n) is 6.35. The maximum absolute atomic E-state index is 2.48. The lowest BCUT2D eigenvalue weighted by atomic mass is 9.62. The normalized spacial score (nSPS) is 18.7. The van der Waals surface area contributed by atoms with E-state index in [1.54, 1.807) is 11.1 Å². The van der Waals surface area contributed by atoms with Crippen molar-refractivity contribution in [2.75, 3.05) is 0 Å². The Morgan fingerprint density at radius 3 is 2.33 bits per heavy atom. The predicted molar refractivity (Wildman–Crippen MR) is 123 cm³/mol. The maximum Gasteiger partial charge on any atom is 0.0115 e. The van der Waals surface area contributed by atoms with Crippen molar-refractivity contribution in [3.63, 3.8) is 0 Å². The van der Waals surface area contributed by atoms with Crippen molar-refractivity contribution in [3.8, 4) is 0 Å². The average Bonchev–Trinajstić information content (AvgIpc) is 3.06. The van der Waals surface area contributed by atoms with E-state index in [2.05, 4.69) is 90.3 Å². The van der Waals surface area contributed by atoms with E-state index in [0.29, 0.717) is 0 Å². The molecule has 27 heavy (non-hydrogen) atoms. The molecule has 0 amide bonds. The number of hydrogen-bond acceptors (Lipinski definition) is 1. The number of benzene rings is 1. The van der Waals surface area contributed by atoms with Gasteiger partial charge in [0.05, 0.1) is 0 Å². The number of thiophene rings is 1. The first kappa shape index (κ1) is 20.1. The van der Waals surface area contributed by atoms with Crippen molar-refractivity contribution in [1.82, 2.24) is 0 Å². The Balaban J connectivity index is 1.97. The highest BCUT2D eigenvalue weighted by molar-refractivity contribution is 7.10. The molecule has 0 saturated heterocycles. The molecule has 0 nitrogen and oxygen atoms in total. The number of fused-ring (bicyclic) bond motifs is 1. The third kappa shape index (κ3) is 3.99. The van der Waals surface area contributed by atoms with E-state index in [1.807, 2.05) is 11.3 Å². The van der Waals surface area contributed by atoms with E-state index in [4.69, 9.17) is 0 Å². The minimum absolute atomic E-state index is 0.260. The van der Waals surface area contributed by atoms with Crippen LogP contribution in [0.2, 0.25) is 0 Å². The van der Waals surface area contributed by atoms with Gasteiger partial charge in [0.1, 0.15) is 0 Å². The second-order valence-corrected chi connectivity index (χ2v) is 10.3. The lowest BCUT2D eigenvalue weighted by Gasteiger charge is -2.42. The second kappa shape index (κ2) is 7.43. The molecule has 2 aromatic rings. The average molecular weight is 379 g/mol. The first-order valence-corrected chi connectivity index (χ1v) is 11.1. The SMILES string of the molecule is CCc1sccc1C=CC=C(C)c1cc2c(cc1C)C(C)(C)CCC2(C)C. The summed E-state index contributed by atoms with van der Waals surface area (Å²) < 4.78 is 0. The molecule has 0 spiro atoms. The number of allylic oxidation sites excluding steroid dienone is 3. The van der Waals surface area contributed by atoms with E-state index >= 15 is 0 Å². The van der Waals surface area contributed by atoms with Crippen molar-refractivity contribution < 1.29 is 0 Å². The highest BCUT2D eigenvalue weighted by atomic mass is 32.1. The molecule has 144 valence electrons. The summed E-state index contributed by atoms with van der Waals surface area (Å²) in [5.41, 5.74) is 9.13. The third-order valence-corrected chi connectivity index (χ3v) is 7.43. The van der Waals surface area contributed by atoms with Gasteiger partial charge in [-0.3, -0.25) is 0 Å². The largest absolute Gasteiger partial charge is 0.148 e. The number of rotatable bonds is 4. The monoisotopic (exact) mass is 378 g/mol. The standard InChI is InChI=1S/C26H34S/c1-8-24-20(12-15-27-24)11-9-10-18(2)21-17-23-22(16-19(21)3)25(4,5)13-14-26(23,6)7/h9-12,15-17H,8,13-14H2,1-7H3. The van der Waals surface area contributed by atoms with Crippen LogP contribution >= 0.6 is 11.3 Å². The molecule has 0 radical (unpaired) electrons. The van der Waals surface area contributed by atoms with Gasteiger partial charge >= 0.3 is 0 Å². The summed E-state index contributed by atoms with van der Waals surface area (Å²) in [4.78, 5) is 1.46. The van der Waals surface area contributed by atoms with Gasteiger partial charge in [-0.15, -0.1) is 11.3 Å². The fraction of sp³-hybridized carbons (Fsp3) is 0.462. The summed E-state index contributed by atoms with van der Waals surface area (Å²) >= 11 is 1.85. The lowest BCUT2D eigenvalue weighted by molar-refractivity contribution is 0.331. The van der Waals surface area contributed by atoms with Crippen LogP contribution in [-0.2, 0) is 17.3 Å². The van der Waals surface area contributed by atoms with Crippen LogP contribution in [-0.4, -0.2) is 0 Å². The van der Waals surface area contributed by atoms with Crippen LogP contribution in [0, 0.1) is 6.92 Å². The summed E-state index contributed by atoms with van der Waals surface area (Å²) in [5.74, 6) is 0. The summed E-state index contributed by atoms with van der Waals surface area (Å²) in [6.07, 6.45) is 10.4. The molecule has 3 rings (SSSR count). The summed E-state index contributed by atoms with van der Waals surface area (Å²) in [5, 5.41) is 2.19. The second-order valence-electron chi connectivity index (χ2n) is 9.34. The van der Waals surface area contributed by atoms with E-state index in [0.717, 1.165) is 6.42 Å². The topological polar surface area (TPSA) is 0 Å². The zero-order valence-electron chi connectivity index (χ0n) is 18.1. The Morgan fingerprint density at radius 1 is 1.07 bits per heavy atom. The van der Waals surface area contributed by atoms with Crippen molar-refractivity contribution in [2.45, 2.75) is 78.6 Å². The molecule has 1 heteroatoms. The fourth-order valence-electron chi connectivity index (χ4n) is 4.32. The summed E-state index contributed by atoms with van der Waals surface area (Å²) in [6, 6.07) is 7.16. The van der Waals surface area contributed by atoms with Gasteiger partial charge in [-0.05, 0) is 88.8 Å². The fourth-order valence-corrected chi connectivity index (χ4v) is 5.14. The quantitative estimate of drug-likeness (QED) is 0.472. The van der Waals surface area contributed by atoms with Gasteiger partial charge in [-0.25, -0.2) is 0 Å². The molecule has 0 unspecified atom stereocenters. The smallest absolute Gasteiger partial charge is 0.0115 e. The molecule has 0 N–H and O–H groups in total. The highest BCUT2D eigenvalue weighted by Gasteiger charge is 2.37. The molecule has 0 atom stereocenters. The molecule has 0 bridgehead atoms. The van der Waals surface area contributed by atoms with Crippen molar-refractivity contribution in [3.05, 3.63) is 68.4 Å². The summed E-state index contributed by atoms with van der Waals surface area (Å²) in [7, 11) is 0. The molecular formula is C26H34S. The van der Waals surface area contributed by atoms with Crippen molar-refractivity contribution >= 4 is 23.0 Å². The Hall–Kier alpha value is -1.60. The van der Waals surface area contributed by atoms with Crippen LogP contribution in [0.25, 0.3) is 11.6 Å². The minimum Gasteiger partial charge on any atom is -0.148 e. The molecular weight excluding hydrogens is 344 g/mol. The van der Waals surface area contributed by atoms with Crippen LogP contribution in [0.15, 0.2) is 35.7 Å². The van der Waals surface area contributed by atoms with Crippen LogP contribution in [0.5, 0.6) is 0 Å². The molecule has 1 aliphatic rings. The van der Waals surface area contributed by atoms with Crippen LogP contribution in [0.1, 0.15) is 87.1 Å². The highest BCUT2D eigenvalue weighted by Crippen LogP contribution is 2.47. The molecule has 1 heterocycles. The van der Waals surface area contributed by atoms with E-state index in [9.17, 15) is 0 Å². The van der Waals surface area contributed by atoms with Gasteiger partial charge in [0.25, 0.3) is 0 Å². The molecule has 1 aromatic heterocycles. The minimum atomic E-state index is 0.260. The van der Waals surface area contributed by atoms with Gasteiger partial charge < -0.3 is 0 Å². The van der Waals surface area contributed by atoms with Crippen LogP contribution < -0.4 is 0 Å². The Kier molecular flexibility index (Phi) is 5.54. The Bertz CT molecular complexity index is 887. The number of hydrogen-bond donors (Lipinski definition) is 0. The van der Waals surface area contributed by atoms with Gasteiger partial charge in [0, 0.05) is 4.88 Å². The van der Waals surface area contributed by atoms with Gasteiger partial charge in [-0.2, -0.15) is 0 Å². The first-order chi connectivity index (χ1) is 12.7. The predicted octanol–water partition coefficient (Wildman–Crippen LogP) is 8.08. The van der Waals surface area contributed by atoms with E-state index in [1.165, 1.54) is 40.0 Å². The maximum atomic E-state index is 2.48. The molecule has 0 aliphatic heterocycles. The van der Waals surface area contributed by atoms with Gasteiger partial charge in [0.2, 0.25) is 0 Å². The van der Waals surface area contributed by atoms with Crippen molar-refractivity contribution in [1.29, 1.82) is 0 Å². The van der Waals surface area contributed by atoms with E-state index < -0.39 is 0 Å². The molecule has 0 saturated carbocycles. The number of aryl methyl sites for hydroxylation is 2. The summed E-state index contributed by atoms with van der Waals surface area (Å²) in [6.45, 7) is 16.3. The molecule has 1 aliphatic carbocycles. The first-order valence-electron chi connectivity index (χ1n) is 10.2. The lowest BCUT2D eigenvalue weighted by Crippen LogP contribution is -2.34. The van der Waals surface area contributed by atoms with Crippen molar-refractivity contribution in [2.24, 2.45) is 0 Å². The van der Waals surface area contributed by atoms with Gasteiger partial charge in [-0.1, -0.05) is 65.0 Å². The van der Waals surface area contributed by atoms with E-state index in [-0.39, 0.29) is 10.8 Å². The molecule has 0 fully saturated rings. The zero-order valence-corrected chi connectivity index (χ0v) is 18.9. The van der Waals surface area contributed by atoms with Gasteiger partial charge in [0.15, 0.2) is 0 Å².